The molecule has 1 aliphatic heterocycles. The van der Waals surface area contributed by atoms with Crippen molar-refractivity contribution in [1.82, 2.24) is 4.57 Å². The number of rotatable bonds is 6. The van der Waals surface area contributed by atoms with Gasteiger partial charge in [0.25, 0.3) is 0 Å². The smallest absolute Gasteiger partial charge is 0.0754 e. The molecular weight excluding hydrogens is 989 g/mol. The largest absolute Gasteiger partial charge is 0.310 e. The van der Waals surface area contributed by atoms with Crippen LogP contribution < -0.4 is 4.90 Å². The van der Waals surface area contributed by atoms with E-state index in [0.717, 1.165) is 22.6 Å². The Morgan fingerprint density at radius 2 is 0.695 bits per heavy atom. The van der Waals surface area contributed by atoms with E-state index in [9.17, 15) is 0 Å². The fraction of sp³-hybridized carbons (Fsp3) is 0.0250. The summed E-state index contributed by atoms with van der Waals surface area (Å²) in [4.78, 5) is 2.51. The molecule has 82 heavy (non-hydrogen) atoms. The number of anilines is 3. The Balaban J connectivity index is 0.841. The van der Waals surface area contributed by atoms with Crippen molar-refractivity contribution >= 4 is 38.9 Å². The number of hydrogen-bond donors (Lipinski definition) is 0. The maximum absolute atomic E-state index is 2.53. The zero-order valence-corrected chi connectivity index (χ0v) is 44.8. The van der Waals surface area contributed by atoms with E-state index in [1.807, 2.05) is 0 Å². The molecule has 0 amide bonds. The van der Waals surface area contributed by atoms with Crippen LogP contribution in [0.3, 0.4) is 0 Å². The molecule has 0 radical (unpaired) electrons. The van der Waals surface area contributed by atoms with Crippen LogP contribution in [-0.4, -0.2) is 4.57 Å². The molecule has 1 aromatic heterocycles. The molecular formula is C80H50N2. The second kappa shape index (κ2) is 17.0. The summed E-state index contributed by atoms with van der Waals surface area (Å²) in [7, 11) is 0. The first-order valence-electron chi connectivity index (χ1n) is 28.7. The summed E-state index contributed by atoms with van der Waals surface area (Å²) in [6.45, 7) is 0. The SMILES string of the molecule is c1ccc(-c2ccccc2-c2ccccc2N(c2ccc(-c3ccc4c(c3)C3(c5ccccc5-4)c4ccccc4-n4c5ccccc5c5cccc3c54)cc2)c2ccc3c(c2)C2(c4ccccc4-c4ccccc42)c2ccccc2-3)cc1. The first-order chi connectivity index (χ1) is 40.7. The Bertz CT molecular complexity index is 4940. The molecule has 18 rings (SSSR count). The third kappa shape index (κ3) is 5.87. The van der Waals surface area contributed by atoms with Crippen molar-refractivity contribution in [1.29, 1.82) is 0 Å². The molecule has 2 heteroatoms. The third-order valence-corrected chi connectivity index (χ3v) is 18.8. The highest BCUT2D eigenvalue weighted by molar-refractivity contribution is 6.13. The van der Waals surface area contributed by atoms with Gasteiger partial charge in [-0.1, -0.05) is 255 Å². The van der Waals surface area contributed by atoms with Crippen LogP contribution in [0.1, 0.15) is 44.5 Å². The second-order valence-electron chi connectivity index (χ2n) is 22.6. The Kier molecular flexibility index (Phi) is 9.39. The lowest BCUT2D eigenvalue weighted by atomic mass is 9.65. The molecule has 3 aliphatic carbocycles. The molecule has 1 unspecified atom stereocenters. The van der Waals surface area contributed by atoms with Crippen LogP contribution in [-0.2, 0) is 10.8 Å². The number of hydrogen-bond acceptors (Lipinski definition) is 1. The lowest BCUT2D eigenvalue weighted by molar-refractivity contribution is 0.749. The number of para-hydroxylation sites is 4. The molecule has 14 aromatic rings. The fourth-order valence-electron chi connectivity index (χ4n) is 15.7. The maximum atomic E-state index is 2.53. The lowest BCUT2D eigenvalue weighted by Crippen LogP contribution is -2.33. The Labute approximate surface area is 476 Å². The minimum Gasteiger partial charge on any atom is -0.310 e. The highest BCUT2D eigenvalue weighted by Crippen LogP contribution is 2.65. The molecule has 380 valence electrons. The molecule has 2 heterocycles. The molecule has 0 bridgehead atoms. The second-order valence-corrected chi connectivity index (χ2v) is 22.6. The van der Waals surface area contributed by atoms with Gasteiger partial charge in [-0.15, -0.1) is 0 Å². The van der Waals surface area contributed by atoms with Gasteiger partial charge in [0.2, 0.25) is 0 Å². The van der Waals surface area contributed by atoms with Gasteiger partial charge in [0.05, 0.1) is 33.2 Å². The van der Waals surface area contributed by atoms with Gasteiger partial charge in [-0.3, -0.25) is 0 Å². The fourth-order valence-corrected chi connectivity index (χ4v) is 15.7. The highest BCUT2D eigenvalue weighted by Gasteiger charge is 2.53. The summed E-state index contributed by atoms with van der Waals surface area (Å²) in [6.07, 6.45) is 0. The van der Waals surface area contributed by atoms with Crippen LogP contribution in [0.4, 0.5) is 17.1 Å². The number of benzene rings is 13. The van der Waals surface area contributed by atoms with E-state index in [4.69, 9.17) is 0 Å². The highest BCUT2D eigenvalue weighted by atomic mass is 15.1. The van der Waals surface area contributed by atoms with Gasteiger partial charge in [-0.05, 0) is 154 Å². The van der Waals surface area contributed by atoms with Crippen molar-refractivity contribution in [2.75, 3.05) is 4.90 Å². The van der Waals surface area contributed by atoms with Crippen LogP contribution in [0, 0.1) is 0 Å². The normalized spacial score (nSPS) is 15.0. The molecule has 2 nitrogen and oxygen atoms in total. The molecule has 1 atom stereocenters. The van der Waals surface area contributed by atoms with Gasteiger partial charge in [-0.2, -0.15) is 0 Å². The van der Waals surface area contributed by atoms with E-state index in [1.54, 1.807) is 0 Å². The van der Waals surface area contributed by atoms with Crippen molar-refractivity contribution in [2.45, 2.75) is 10.8 Å². The third-order valence-electron chi connectivity index (χ3n) is 18.8. The van der Waals surface area contributed by atoms with Crippen molar-refractivity contribution in [2.24, 2.45) is 0 Å². The predicted molar refractivity (Wildman–Crippen MR) is 339 cm³/mol. The summed E-state index contributed by atoms with van der Waals surface area (Å²) in [5.41, 5.74) is 31.5. The van der Waals surface area contributed by atoms with Gasteiger partial charge in [0.1, 0.15) is 0 Å². The summed E-state index contributed by atoms with van der Waals surface area (Å²) in [5.74, 6) is 0. The van der Waals surface area contributed by atoms with E-state index in [1.165, 1.54) is 133 Å². The summed E-state index contributed by atoms with van der Waals surface area (Å²) >= 11 is 0. The standard InChI is InChI=1S/C80H50N2/c1-2-21-52(22-3-1)56-23-4-5-24-57(56)64-29-10-17-38-75(64)81(55-46-48-63-61-28-8-14-34-69(61)79(74(63)50-55)67-32-12-6-25-58(67)59-26-7-13-33-68(59)79)54-44-41-51(42-45-54)53-43-47-62-60-27-9-15-35-70(60)80(73(62)49-53)71-36-16-19-40-77(71)82-76-39-18-11-30-65(76)66-31-20-37-72(80)78(66)82/h1-50H. The zero-order chi connectivity index (χ0) is 53.7. The summed E-state index contributed by atoms with van der Waals surface area (Å²) in [5, 5.41) is 2.57. The van der Waals surface area contributed by atoms with Gasteiger partial charge < -0.3 is 9.47 Å². The van der Waals surface area contributed by atoms with Gasteiger partial charge in [-0.25, -0.2) is 0 Å². The van der Waals surface area contributed by atoms with Crippen molar-refractivity contribution < 1.29 is 0 Å². The van der Waals surface area contributed by atoms with Gasteiger partial charge >= 0.3 is 0 Å². The van der Waals surface area contributed by atoms with Crippen molar-refractivity contribution in [3.8, 4) is 72.4 Å². The lowest BCUT2D eigenvalue weighted by Gasteiger charge is -2.39. The summed E-state index contributed by atoms with van der Waals surface area (Å²) < 4.78 is 2.53. The molecule has 0 N–H and O–H groups in total. The average Bonchev–Trinajstić information content (AvgIpc) is 1.72. The van der Waals surface area contributed by atoms with Crippen LogP contribution in [0.25, 0.3) is 94.3 Å². The molecule has 2 spiro atoms. The molecule has 0 saturated heterocycles. The molecule has 13 aromatic carbocycles. The Morgan fingerprint density at radius 1 is 0.244 bits per heavy atom. The van der Waals surface area contributed by atoms with Crippen molar-refractivity contribution in [3.63, 3.8) is 0 Å². The van der Waals surface area contributed by atoms with E-state index in [0.29, 0.717) is 0 Å². The first kappa shape index (κ1) is 45.3. The topological polar surface area (TPSA) is 8.17 Å². The maximum Gasteiger partial charge on any atom is 0.0754 e. The molecule has 0 fully saturated rings. The zero-order valence-electron chi connectivity index (χ0n) is 44.8. The quantitative estimate of drug-likeness (QED) is 0.161. The Hall–Kier alpha value is -10.5. The minimum atomic E-state index is -0.538. The van der Waals surface area contributed by atoms with Crippen LogP contribution >= 0.6 is 0 Å². The number of aromatic nitrogens is 1. The van der Waals surface area contributed by atoms with E-state index < -0.39 is 10.8 Å². The monoisotopic (exact) mass is 1040 g/mol. The Morgan fingerprint density at radius 3 is 1.37 bits per heavy atom. The van der Waals surface area contributed by atoms with Crippen molar-refractivity contribution in [3.05, 3.63) is 348 Å². The number of fused-ring (bicyclic) bond motifs is 22. The van der Waals surface area contributed by atoms with Crippen LogP contribution in [0.5, 0.6) is 0 Å². The summed E-state index contributed by atoms with van der Waals surface area (Å²) in [6, 6.07) is 114. The average molecular weight is 1040 g/mol. The van der Waals surface area contributed by atoms with E-state index >= 15 is 0 Å². The van der Waals surface area contributed by atoms with E-state index in [-0.39, 0.29) is 0 Å². The van der Waals surface area contributed by atoms with Crippen LogP contribution in [0.15, 0.2) is 303 Å². The molecule has 4 aliphatic rings. The van der Waals surface area contributed by atoms with Crippen LogP contribution in [0.2, 0.25) is 0 Å². The predicted octanol–water partition coefficient (Wildman–Crippen LogP) is 20.3. The van der Waals surface area contributed by atoms with E-state index in [2.05, 4.69) is 313 Å². The van der Waals surface area contributed by atoms with Gasteiger partial charge in [0, 0.05) is 27.7 Å². The number of nitrogens with zero attached hydrogens (tertiary/aromatic N) is 2. The minimum absolute atomic E-state index is 0.490. The molecule has 0 saturated carbocycles. The first-order valence-corrected chi connectivity index (χ1v) is 28.7. The van der Waals surface area contributed by atoms with Gasteiger partial charge in [0.15, 0.2) is 0 Å².